The van der Waals surface area contributed by atoms with Gasteiger partial charge in [-0.2, -0.15) is 0 Å². The van der Waals surface area contributed by atoms with Gasteiger partial charge in [0.05, 0.1) is 10.1 Å². The van der Waals surface area contributed by atoms with Gasteiger partial charge in [0.2, 0.25) is 5.79 Å². The lowest BCUT2D eigenvalue weighted by Gasteiger charge is -2.21. The van der Waals surface area contributed by atoms with E-state index < -0.39 is 23.8 Å². The van der Waals surface area contributed by atoms with Gasteiger partial charge in [0, 0.05) is 21.0 Å². The van der Waals surface area contributed by atoms with Crippen LogP contribution >= 0.6 is 15.9 Å². The Balaban J connectivity index is 3.09. The Bertz CT molecular complexity index is 390. The third kappa shape index (κ3) is 2.92. The monoisotopic (exact) mass is 320 g/mol. The Kier molecular flexibility index (Phi) is 4.92. The van der Waals surface area contributed by atoms with Gasteiger partial charge in [-0.15, -0.1) is 0 Å². The number of hydrogen-bond acceptors (Lipinski definition) is 5. The summed E-state index contributed by atoms with van der Waals surface area (Å²) in [5.41, 5.74) is 0.316. The van der Waals surface area contributed by atoms with Crippen LogP contribution in [0.3, 0.4) is 0 Å². The van der Waals surface area contributed by atoms with Gasteiger partial charge < -0.3 is 14.2 Å². The Morgan fingerprint density at radius 2 is 2.17 bits per heavy atom. The molecule has 0 spiro atoms. The molecule has 0 aliphatic carbocycles. The summed E-state index contributed by atoms with van der Waals surface area (Å²) in [7, 11) is 1.44. The van der Waals surface area contributed by atoms with Gasteiger partial charge in [0.25, 0.3) is 0 Å². The minimum absolute atomic E-state index is 0.316. The Morgan fingerprint density at radius 1 is 1.56 bits per heavy atom. The number of esters is 2. The molecule has 0 N–H and O–H groups in total. The van der Waals surface area contributed by atoms with Crippen molar-refractivity contribution in [3.63, 3.8) is 0 Å². The van der Waals surface area contributed by atoms with Gasteiger partial charge in [-0.05, 0) is 22.4 Å². The summed E-state index contributed by atoms with van der Waals surface area (Å²) in [4.78, 5) is 23.0. The van der Waals surface area contributed by atoms with Crippen molar-refractivity contribution in [3.8, 4) is 0 Å². The van der Waals surface area contributed by atoms with Crippen molar-refractivity contribution in [2.75, 3.05) is 7.11 Å². The molecular weight excluding hydrogens is 304 g/mol. The van der Waals surface area contributed by atoms with Crippen LogP contribution in [0.4, 0.5) is 0 Å². The number of halogens is 1. The van der Waals surface area contributed by atoms with Crippen LogP contribution < -0.4 is 0 Å². The van der Waals surface area contributed by atoms with Gasteiger partial charge in [-0.3, -0.25) is 4.79 Å². The zero-order chi connectivity index (χ0) is 13.9. The maximum Gasteiger partial charge on any atom is 0.341 e. The number of cyclic esters (lactones) is 1. The zero-order valence-corrected chi connectivity index (χ0v) is 12.5. The van der Waals surface area contributed by atoms with Gasteiger partial charge in [0.15, 0.2) is 0 Å². The highest BCUT2D eigenvalue weighted by Gasteiger charge is 2.46. The number of ether oxygens (including phenoxy) is 3. The molecule has 1 heterocycles. The highest BCUT2D eigenvalue weighted by molar-refractivity contribution is 9.11. The number of hydrogen-bond donors (Lipinski definition) is 0. The maximum atomic E-state index is 11.9. The summed E-state index contributed by atoms with van der Waals surface area (Å²) in [6.45, 7) is 4.88. The Morgan fingerprint density at radius 3 is 2.56 bits per heavy atom. The van der Waals surface area contributed by atoms with E-state index in [0.717, 1.165) is 6.42 Å². The summed E-state index contributed by atoms with van der Waals surface area (Å²) in [6, 6.07) is 0. The highest BCUT2D eigenvalue weighted by atomic mass is 79.9. The molecule has 0 amide bonds. The lowest BCUT2D eigenvalue weighted by Crippen LogP contribution is -2.28. The smallest absolute Gasteiger partial charge is 0.341 e. The van der Waals surface area contributed by atoms with Crippen molar-refractivity contribution in [3.05, 3.63) is 10.1 Å². The average Bonchev–Trinajstić information content (AvgIpc) is 2.49. The van der Waals surface area contributed by atoms with Crippen LogP contribution in [0.5, 0.6) is 0 Å². The van der Waals surface area contributed by atoms with Crippen LogP contribution in [-0.2, 0) is 23.8 Å². The van der Waals surface area contributed by atoms with E-state index in [0.29, 0.717) is 16.5 Å². The standard InChI is InChI=1S/C12H17BrO5/c1-5-6-8(17-7(2)14)9-10(13)12(3,16-4)18-11(9)15/h8H,5-6H2,1-4H3/t8-,12+/m0/s1. The van der Waals surface area contributed by atoms with Gasteiger partial charge in [-0.25, -0.2) is 4.79 Å². The van der Waals surface area contributed by atoms with Crippen molar-refractivity contribution < 1.29 is 23.8 Å². The van der Waals surface area contributed by atoms with E-state index in [1.54, 1.807) is 6.92 Å². The summed E-state index contributed by atoms with van der Waals surface area (Å²) in [5, 5.41) is 0. The molecule has 1 rings (SSSR count). The minimum atomic E-state index is -1.14. The van der Waals surface area contributed by atoms with Crippen molar-refractivity contribution in [2.45, 2.75) is 45.5 Å². The molecule has 18 heavy (non-hydrogen) atoms. The molecule has 1 aliphatic rings. The molecule has 0 aromatic heterocycles. The SMILES string of the molecule is CCC[C@H](OC(C)=O)C1=C(Br)[C@](C)(OC)OC1=O. The van der Waals surface area contributed by atoms with Crippen molar-refractivity contribution >= 4 is 27.9 Å². The molecule has 0 saturated heterocycles. The molecule has 0 unspecified atom stereocenters. The van der Waals surface area contributed by atoms with Crippen LogP contribution in [0.2, 0.25) is 0 Å². The molecule has 5 nitrogen and oxygen atoms in total. The third-order valence-electron chi connectivity index (χ3n) is 2.71. The first-order valence-corrected chi connectivity index (χ1v) is 6.50. The van der Waals surface area contributed by atoms with E-state index >= 15 is 0 Å². The molecule has 1 aliphatic heterocycles. The molecule has 0 bridgehead atoms. The number of methoxy groups -OCH3 is 1. The van der Waals surface area contributed by atoms with E-state index in [1.165, 1.54) is 14.0 Å². The largest absolute Gasteiger partial charge is 0.457 e. The predicted octanol–water partition coefficient (Wildman–Crippen LogP) is 2.29. The van der Waals surface area contributed by atoms with Gasteiger partial charge in [-0.1, -0.05) is 13.3 Å². The van der Waals surface area contributed by atoms with Crippen LogP contribution in [0.1, 0.15) is 33.6 Å². The molecular formula is C12H17BrO5. The van der Waals surface area contributed by atoms with Gasteiger partial charge >= 0.3 is 11.9 Å². The van der Waals surface area contributed by atoms with Crippen molar-refractivity contribution in [1.29, 1.82) is 0 Å². The van der Waals surface area contributed by atoms with Crippen LogP contribution in [0.15, 0.2) is 10.1 Å². The molecule has 0 aromatic carbocycles. The van der Waals surface area contributed by atoms with Crippen LogP contribution in [0.25, 0.3) is 0 Å². The predicted molar refractivity (Wildman–Crippen MR) is 67.9 cm³/mol. The number of carbonyl (C=O) groups excluding carboxylic acids is 2. The van der Waals surface area contributed by atoms with Crippen molar-refractivity contribution in [2.24, 2.45) is 0 Å². The minimum Gasteiger partial charge on any atom is -0.457 e. The molecule has 102 valence electrons. The molecule has 0 radical (unpaired) electrons. The molecule has 2 atom stereocenters. The Labute approximate surface area is 115 Å². The molecule has 0 saturated carbocycles. The maximum absolute atomic E-state index is 11.9. The second kappa shape index (κ2) is 5.84. The summed E-state index contributed by atoms with van der Waals surface area (Å²) < 4.78 is 16.0. The average molecular weight is 321 g/mol. The number of rotatable bonds is 5. The summed E-state index contributed by atoms with van der Waals surface area (Å²) in [5.74, 6) is -2.09. The third-order valence-corrected chi connectivity index (χ3v) is 3.86. The quantitative estimate of drug-likeness (QED) is 0.727. The summed E-state index contributed by atoms with van der Waals surface area (Å²) in [6.07, 6.45) is 0.726. The first-order chi connectivity index (χ1) is 8.35. The fraction of sp³-hybridized carbons (Fsp3) is 0.667. The first kappa shape index (κ1) is 15.2. The van der Waals surface area contributed by atoms with E-state index in [2.05, 4.69) is 15.9 Å². The van der Waals surface area contributed by atoms with Crippen molar-refractivity contribution in [1.82, 2.24) is 0 Å². The van der Waals surface area contributed by atoms with E-state index in [1.807, 2.05) is 6.92 Å². The fourth-order valence-electron chi connectivity index (χ4n) is 1.74. The van der Waals surface area contributed by atoms with Crippen LogP contribution in [0, 0.1) is 0 Å². The normalized spacial score (nSPS) is 25.1. The number of carbonyl (C=O) groups is 2. The molecule has 0 fully saturated rings. The zero-order valence-electron chi connectivity index (χ0n) is 10.9. The van der Waals surface area contributed by atoms with E-state index in [-0.39, 0.29) is 0 Å². The summed E-state index contributed by atoms with van der Waals surface area (Å²) >= 11 is 3.31. The molecule has 6 heteroatoms. The first-order valence-electron chi connectivity index (χ1n) is 5.71. The Hall–Kier alpha value is -0.880. The van der Waals surface area contributed by atoms with Crippen LogP contribution in [-0.4, -0.2) is 30.9 Å². The fourth-order valence-corrected chi connectivity index (χ4v) is 2.40. The second-order valence-electron chi connectivity index (χ2n) is 4.15. The lowest BCUT2D eigenvalue weighted by atomic mass is 10.0. The van der Waals surface area contributed by atoms with Gasteiger partial charge in [0.1, 0.15) is 6.10 Å². The lowest BCUT2D eigenvalue weighted by molar-refractivity contribution is -0.183. The highest BCUT2D eigenvalue weighted by Crippen LogP contribution is 2.40. The second-order valence-corrected chi connectivity index (χ2v) is 4.95. The van der Waals surface area contributed by atoms with E-state index in [9.17, 15) is 9.59 Å². The van der Waals surface area contributed by atoms with E-state index in [4.69, 9.17) is 14.2 Å². The topological polar surface area (TPSA) is 61.8 Å². The molecule has 0 aromatic rings.